The van der Waals surface area contributed by atoms with E-state index in [0.29, 0.717) is 0 Å². The molecular formula is C11H20N2O3. The molecule has 1 fully saturated rings. The van der Waals surface area contributed by atoms with Crippen LogP contribution >= 0.6 is 0 Å². The van der Waals surface area contributed by atoms with Crippen molar-refractivity contribution in [1.29, 1.82) is 0 Å². The summed E-state index contributed by atoms with van der Waals surface area (Å²) in [6, 6.07) is 0.0445. The highest BCUT2D eigenvalue weighted by atomic mass is 16.4. The number of urea groups is 1. The first-order chi connectivity index (χ1) is 7.52. The number of hydrogen-bond acceptors (Lipinski definition) is 2. The molecule has 92 valence electrons. The number of carboxylic acid groups (broad SMARTS) is 1. The van der Waals surface area contributed by atoms with Gasteiger partial charge in [-0.25, -0.2) is 4.79 Å². The highest BCUT2D eigenvalue weighted by Gasteiger charge is 2.25. The van der Waals surface area contributed by atoms with E-state index in [2.05, 4.69) is 0 Å². The van der Waals surface area contributed by atoms with E-state index in [-0.39, 0.29) is 18.6 Å². The second kappa shape index (κ2) is 5.72. The molecule has 0 saturated carbocycles. The average molecular weight is 228 g/mol. The molecule has 1 unspecified atom stereocenters. The number of aliphatic carboxylic acids is 1. The third kappa shape index (κ3) is 3.40. The van der Waals surface area contributed by atoms with Crippen molar-refractivity contribution in [3.63, 3.8) is 0 Å². The summed E-state index contributed by atoms with van der Waals surface area (Å²) < 4.78 is 0. The number of hydrogen-bond donors (Lipinski definition) is 1. The Bertz CT molecular complexity index is 268. The Hall–Kier alpha value is -1.26. The van der Waals surface area contributed by atoms with Gasteiger partial charge in [0.1, 0.15) is 6.54 Å². The number of rotatable bonds is 2. The smallest absolute Gasteiger partial charge is 0.323 e. The van der Waals surface area contributed by atoms with Gasteiger partial charge in [0.25, 0.3) is 0 Å². The average Bonchev–Trinajstić information content (AvgIpc) is 2.40. The summed E-state index contributed by atoms with van der Waals surface area (Å²) in [5, 5.41) is 8.64. The van der Waals surface area contributed by atoms with Crippen LogP contribution in [0.4, 0.5) is 4.79 Å². The summed E-state index contributed by atoms with van der Waals surface area (Å²) in [5.41, 5.74) is 0. The molecule has 16 heavy (non-hydrogen) atoms. The summed E-state index contributed by atoms with van der Waals surface area (Å²) >= 11 is 0. The molecule has 0 aliphatic carbocycles. The first-order valence-corrected chi connectivity index (χ1v) is 5.76. The summed E-state index contributed by atoms with van der Waals surface area (Å²) in [4.78, 5) is 25.6. The van der Waals surface area contributed by atoms with Crippen molar-refractivity contribution in [1.82, 2.24) is 9.80 Å². The van der Waals surface area contributed by atoms with Crippen LogP contribution in [0, 0.1) is 0 Å². The van der Waals surface area contributed by atoms with E-state index in [0.717, 1.165) is 32.2 Å². The molecule has 0 aromatic heterocycles. The minimum Gasteiger partial charge on any atom is -0.480 e. The van der Waals surface area contributed by atoms with Gasteiger partial charge in [0, 0.05) is 19.6 Å². The SMILES string of the molecule is CC1CCCCCN1C(=O)N(C)CC(=O)O. The minimum atomic E-state index is -0.974. The number of nitrogens with zero attached hydrogens (tertiary/aromatic N) is 2. The van der Waals surface area contributed by atoms with Crippen molar-refractivity contribution >= 4 is 12.0 Å². The van der Waals surface area contributed by atoms with Crippen LogP contribution in [0.3, 0.4) is 0 Å². The molecule has 1 atom stereocenters. The second-order valence-electron chi connectivity index (χ2n) is 4.42. The Morgan fingerprint density at radius 2 is 2.06 bits per heavy atom. The number of carbonyl (C=O) groups excluding carboxylic acids is 1. The molecule has 1 heterocycles. The fourth-order valence-corrected chi connectivity index (χ4v) is 2.05. The fraction of sp³-hybridized carbons (Fsp3) is 0.818. The molecule has 1 rings (SSSR count). The van der Waals surface area contributed by atoms with Gasteiger partial charge < -0.3 is 14.9 Å². The lowest BCUT2D eigenvalue weighted by Gasteiger charge is -2.30. The number of amides is 2. The minimum absolute atomic E-state index is 0.170. The molecule has 1 saturated heterocycles. The van der Waals surface area contributed by atoms with Crippen molar-refractivity contribution in [2.24, 2.45) is 0 Å². The van der Waals surface area contributed by atoms with E-state index in [1.807, 2.05) is 6.92 Å². The molecule has 2 amide bonds. The van der Waals surface area contributed by atoms with Gasteiger partial charge in [0.15, 0.2) is 0 Å². The van der Waals surface area contributed by atoms with E-state index >= 15 is 0 Å². The zero-order valence-electron chi connectivity index (χ0n) is 9.98. The van der Waals surface area contributed by atoms with Gasteiger partial charge in [-0.3, -0.25) is 4.79 Å². The van der Waals surface area contributed by atoms with E-state index in [1.54, 1.807) is 4.90 Å². The molecule has 0 aromatic carbocycles. The number of carbonyl (C=O) groups is 2. The van der Waals surface area contributed by atoms with Crippen LogP contribution in [0.2, 0.25) is 0 Å². The maximum Gasteiger partial charge on any atom is 0.323 e. The quantitative estimate of drug-likeness (QED) is 0.776. The predicted octanol–water partition coefficient (Wildman–Crippen LogP) is 1.39. The first kappa shape index (κ1) is 12.8. The highest BCUT2D eigenvalue weighted by Crippen LogP contribution is 2.17. The van der Waals surface area contributed by atoms with E-state index in [4.69, 9.17) is 5.11 Å². The second-order valence-corrected chi connectivity index (χ2v) is 4.42. The number of likely N-dealkylation sites (tertiary alicyclic amines) is 1. The van der Waals surface area contributed by atoms with Crippen molar-refractivity contribution in [2.45, 2.75) is 38.6 Å². The monoisotopic (exact) mass is 228 g/mol. The van der Waals surface area contributed by atoms with Gasteiger partial charge in [-0.1, -0.05) is 12.8 Å². The van der Waals surface area contributed by atoms with Crippen LogP contribution in [-0.2, 0) is 4.79 Å². The van der Waals surface area contributed by atoms with Gasteiger partial charge in [-0.2, -0.15) is 0 Å². The number of carboxylic acids is 1. The zero-order valence-corrected chi connectivity index (χ0v) is 9.98. The summed E-state index contributed by atoms with van der Waals surface area (Å²) in [5.74, 6) is -0.974. The van der Waals surface area contributed by atoms with Crippen LogP contribution in [-0.4, -0.2) is 53.1 Å². The Labute approximate surface area is 96.0 Å². The van der Waals surface area contributed by atoms with Gasteiger partial charge >= 0.3 is 12.0 Å². The lowest BCUT2D eigenvalue weighted by molar-refractivity contribution is -0.137. The molecule has 1 aliphatic heterocycles. The van der Waals surface area contributed by atoms with E-state index in [1.165, 1.54) is 11.9 Å². The molecule has 5 heteroatoms. The van der Waals surface area contributed by atoms with Crippen molar-refractivity contribution in [3.05, 3.63) is 0 Å². The molecule has 0 radical (unpaired) electrons. The van der Waals surface area contributed by atoms with E-state index in [9.17, 15) is 9.59 Å². The van der Waals surface area contributed by atoms with Crippen molar-refractivity contribution < 1.29 is 14.7 Å². The van der Waals surface area contributed by atoms with Crippen LogP contribution in [0.5, 0.6) is 0 Å². The lowest BCUT2D eigenvalue weighted by Crippen LogP contribution is -2.47. The van der Waals surface area contributed by atoms with Crippen molar-refractivity contribution in [3.8, 4) is 0 Å². The van der Waals surface area contributed by atoms with Gasteiger partial charge in [0.2, 0.25) is 0 Å². The normalized spacial score (nSPS) is 21.4. The Morgan fingerprint density at radius 1 is 1.38 bits per heavy atom. The van der Waals surface area contributed by atoms with Crippen LogP contribution < -0.4 is 0 Å². The Morgan fingerprint density at radius 3 is 2.69 bits per heavy atom. The predicted molar refractivity (Wildman–Crippen MR) is 60.3 cm³/mol. The molecule has 0 bridgehead atoms. The third-order valence-electron chi connectivity index (χ3n) is 3.00. The van der Waals surface area contributed by atoms with Gasteiger partial charge in [-0.05, 0) is 19.8 Å². The van der Waals surface area contributed by atoms with Crippen LogP contribution in [0.15, 0.2) is 0 Å². The lowest BCUT2D eigenvalue weighted by atomic mass is 10.1. The molecule has 0 spiro atoms. The third-order valence-corrected chi connectivity index (χ3v) is 3.00. The van der Waals surface area contributed by atoms with Crippen LogP contribution in [0.25, 0.3) is 0 Å². The fourth-order valence-electron chi connectivity index (χ4n) is 2.05. The standard InChI is InChI=1S/C11H20N2O3/c1-9-6-4-3-5-7-13(9)11(16)12(2)8-10(14)15/h9H,3-8H2,1-2H3,(H,14,15). The van der Waals surface area contributed by atoms with E-state index < -0.39 is 5.97 Å². The number of likely N-dealkylation sites (N-methyl/N-ethyl adjacent to an activating group) is 1. The summed E-state index contributed by atoms with van der Waals surface area (Å²) in [7, 11) is 1.54. The van der Waals surface area contributed by atoms with Crippen molar-refractivity contribution in [2.75, 3.05) is 20.1 Å². The molecule has 5 nitrogen and oxygen atoms in total. The first-order valence-electron chi connectivity index (χ1n) is 5.76. The largest absolute Gasteiger partial charge is 0.480 e. The summed E-state index contributed by atoms with van der Waals surface area (Å²) in [6.07, 6.45) is 4.31. The maximum absolute atomic E-state index is 12.0. The summed E-state index contributed by atoms with van der Waals surface area (Å²) in [6.45, 7) is 2.53. The topological polar surface area (TPSA) is 60.9 Å². The van der Waals surface area contributed by atoms with Gasteiger partial charge in [-0.15, -0.1) is 0 Å². The molecule has 1 N–H and O–H groups in total. The Kier molecular flexibility index (Phi) is 4.58. The van der Waals surface area contributed by atoms with Gasteiger partial charge in [0.05, 0.1) is 0 Å². The maximum atomic E-state index is 12.0. The highest BCUT2D eigenvalue weighted by molar-refractivity contribution is 5.80. The molecule has 1 aliphatic rings. The Balaban J connectivity index is 2.59. The van der Waals surface area contributed by atoms with Crippen LogP contribution in [0.1, 0.15) is 32.6 Å². The molecule has 0 aromatic rings. The molecular weight excluding hydrogens is 208 g/mol. The zero-order chi connectivity index (χ0) is 12.1.